The fourth-order valence-corrected chi connectivity index (χ4v) is 1.79. The van der Waals surface area contributed by atoms with Crippen molar-refractivity contribution in [3.8, 4) is 0 Å². The molecule has 0 radical (unpaired) electrons. The van der Waals surface area contributed by atoms with Gasteiger partial charge >= 0.3 is 0 Å². The summed E-state index contributed by atoms with van der Waals surface area (Å²) < 4.78 is 0. The van der Waals surface area contributed by atoms with Gasteiger partial charge in [0.05, 0.1) is 30.9 Å². The van der Waals surface area contributed by atoms with Crippen LogP contribution in [0.3, 0.4) is 0 Å². The summed E-state index contributed by atoms with van der Waals surface area (Å²) in [6.45, 7) is 0.968. The highest BCUT2D eigenvalue weighted by molar-refractivity contribution is 5.73. The molecule has 1 saturated heterocycles. The van der Waals surface area contributed by atoms with Crippen LogP contribution in [-0.2, 0) is 4.79 Å². The summed E-state index contributed by atoms with van der Waals surface area (Å²) in [6, 6.07) is -1.67. The van der Waals surface area contributed by atoms with Gasteiger partial charge in [-0.15, -0.1) is 0 Å². The van der Waals surface area contributed by atoms with E-state index in [4.69, 9.17) is 5.11 Å². The summed E-state index contributed by atoms with van der Waals surface area (Å²) >= 11 is 0. The number of aliphatic hydroxyl groups excluding tert-OH is 4. The van der Waals surface area contributed by atoms with E-state index in [9.17, 15) is 20.1 Å². The molecule has 5 atom stereocenters. The van der Waals surface area contributed by atoms with Crippen LogP contribution >= 0.6 is 0 Å². The van der Waals surface area contributed by atoms with Gasteiger partial charge in [-0.3, -0.25) is 4.79 Å². The number of β-amino-alcohol motifs (C(OH)–C–C–N with tert-alkyl or cyclic N) is 1. The summed E-state index contributed by atoms with van der Waals surface area (Å²) in [5.74, 6) is -0.405. The fourth-order valence-electron chi connectivity index (χ4n) is 1.79. The number of hydrogen-bond acceptors (Lipinski definition) is 6. The second-order valence-corrected chi connectivity index (χ2v) is 3.97. The van der Waals surface area contributed by atoms with Gasteiger partial charge in [-0.05, 0) is 0 Å². The molecule has 0 aliphatic carbocycles. The summed E-state index contributed by atoms with van der Waals surface area (Å²) in [5.41, 5.74) is 0. The molecule has 1 aliphatic rings. The minimum absolute atomic E-state index is 0.0737. The fraction of sp³-hybridized carbons (Fsp3) is 0.889. The van der Waals surface area contributed by atoms with Crippen molar-refractivity contribution in [2.24, 2.45) is 0 Å². The van der Waals surface area contributed by atoms with Crippen molar-refractivity contribution < 1.29 is 25.2 Å². The smallest absolute Gasteiger partial charge is 0.217 e. The monoisotopic (exact) mass is 234 g/mol. The first-order chi connectivity index (χ1) is 7.47. The Morgan fingerprint density at radius 3 is 2.50 bits per heavy atom. The molecule has 1 heterocycles. The Morgan fingerprint density at radius 1 is 1.38 bits per heavy atom. The molecule has 16 heavy (non-hydrogen) atoms. The van der Waals surface area contributed by atoms with Gasteiger partial charge in [0.2, 0.25) is 5.91 Å². The molecule has 1 aliphatic heterocycles. The van der Waals surface area contributed by atoms with Gasteiger partial charge in [-0.1, -0.05) is 0 Å². The molecule has 94 valence electrons. The predicted molar refractivity (Wildman–Crippen MR) is 54.5 cm³/mol. The molecular weight excluding hydrogens is 216 g/mol. The van der Waals surface area contributed by atoms with Crippen molar-refractivity contribution in [1.29, 1.82) is 0 Å². The van der Waals surface area contributed by atoms with Gasteiger partial charge in [0.25, 0.3) is 0 Å². The zero-order chi connectivity index (χ0) is 12.3. The highest BCUT2D eigenvalue weighted by Crippen LogP contribution is 2.12. The molecule has 0 saturated carbocycles. The van der Waals surface area contributed by atoms with E-state index in [1.807, 2.05) is 0 Å². The summed E-state index contributed by atoms with van der Waals surface area (Å²) in [6.07, 6.45) is -3.60. The van der Waals surface area contributed by atoms with Gasteiger partial charge in [0.15, 0.2) is 0 Å². The van der Waals surface area contributed by atoms with Crippen molar-refractivity contribution >= 4 is 5.91 Å². The van der Waals surface area contributed by atoms with E-state index in [0.717, 1.165) is 0 Å². The first-order valence-electron chi connectivity index (χ1n) is 5.13. The zero-order valence-corrected chi connectivity index (χ0v) is 9.00. The van der Waals surface area contributed by atoms with Gasteiger partial charge in [-0.25, -0.2) is 0 Å². The highest BCUT2D eigenvalue weighted by Gasteiger charge is 2.39. The number of carbonyl (C=O) groups excluding carboxylic acids is 1. The number of nitrogens with one attached hydrogen (secondary N) is 2. The molecule has 0 spiro atoms. The minimum Gasteiger partial charge on any atom is -0.395 e. The second kappa shape index (κ2) is 5.55. The first kappa shape index (κ1) is 13.3. The molecule has 6 N–H and O–H groups in total. The van der Waals surface area contributed by atoms with Crippen molar-refractivity contribution in [1.82, 2.24) is 10.6 Å². The van der Waals surface area contributed by atoms with Crippen LogP contribution in [0.4, 0.5) is 0 Å². The van der Waals surface area contributed by atoms with Crippen LogP contribution in [0.25, 0.3) is 0 Å². The van der Waals surface area contributed by atoms with Gasteiger partial charge in [-0.2, -0.15) is 0 Å². The molecule has 0 bridgehead atoms. The first-order valence-corrected chi connectivity index (χ1v) is 5.13. The molecule has 1 rings (SSSR count). The maximum absolute atomic E-state index is 10.9. The molecule has 1 fully saturated rings. The summed E-state index contributed by atoms with van der Waals surface area (Å²) in [7, 11) is 0. The average molecular weight is 234 g/mol. The molecule has 0 aromatic rings. The lowest BCUT2D eigenvalue weighted by molar-refractivity contribution is -0.123. The number of aliphatic hydroxyl groups is 4. The molecule has 7 nitrogen and oxygen atoms in total. The largest absolute Gasteiger partial charge is 0.395 e. The standard InChI is InChI=1S/C9H18N2O5/c1-4(13)11-7-6(14)2-10-5(3-12)8(15)9(7)16/h5-10,12,14-16H,2-3H2,1H3,(H,11,13)/t5-,6+,7-,8-,9-/m1/s1. The van der Waals surface area contributed by atoms with Crippen molar-refractivity contribution in [2.75, 3.05) is 13.2 Å². The third-order valence-electron chi connectivity index (χ3n) is 2.70. The molecule has 1 amide bonds. The van der Waals surface area contributed by atoms with Gasteiger partial charge in [0.1, 0.15) is 6.10 Å². The predicted octanol–water partition coefficient (Wildman–Crippen LogP) is -3.46. The lowest BCUT2D eigenvalue weighted by atomic mass is 9.98. The van der Waals surface area contributed by atoms with Crippen LogP contribution in [0.1, 0.15) is 6.92 Å². The Kier molecular flexibility index (Phi) is 4.63. The van der Waals surface area contributed by atoms with Crippen LogP contribution in [0.5, 0.6) is 0 Å². The van der Waals surface area contributed by atoms with Crippen LogP contribution in [0.15, 0.2) is 0 Å². The Bertz CT molecular complexity index is 250. The Balaban J connectivity index is 2.78. The minimum atomic E-state index is -1.33. The number of amides is 1. The van der Waals surface area contributed by atoms with E-state index in [2.05, 4.69) is 10.6 Å². The van der Waals surface area contributed by atoms with Crippen LogP contribution < -0.4 is 10.6 Å². The maximum atomic E-state index is 10.9. The van der Waals surface area contributed by atoms with E-state index < -0.39 is 36.3 Å². The highest BCUT2D eigenvalue weighted by atomic mass is 16.3. The van der Waals surface area contributed by atoms with Gasteiger partial charge < -0.3 is 31.1 Å². The van der Waals surface area contributed by atoms with Crippen molar-refractivity contribution in [2.45, 2.75) is 37.3 Å². The topological polar surface area (TPSA) is 122 Å². The number of hydrogen-bond donors (Lipinski definition) is 6. The van der Waals surface area contributed by atoms with Crippen molar-refractivity contribution in [3.05, 3.63) is 0 Å². The molecule has 0 aromatic heterocycles. The average Bonchev–Trinajstić information content (AvgIpc) is 2.32. The molecule has 0 aromatic carbocycles. The third kappa shape index (κ3) is 2.89. The Hall–Kier alpha value is -0.730. The lowest BCUT2D eigenvalue weighted by Crippen LogP contribution is -2.55. The summed E-state index contributed by atoms with van der Waals surface area (Å²) in [4.78, 5) is 10.9. The molecule has 0 unspecified atom stereocenters. The van der Waals surface area contributed by atoms with E-state index in [1.165, 1.54) is 6.92 Å². The number of carbonyl (C=O) groups is 1. The van der Waals surface area contributed by atoms with E-state index >= 15 is 0 Å². The van der Waals surface area contributed by atoms with Crippen LogP contribution in [0.2, 0.25) is 0 Å². The zero-order valence-electron chi connectivity index (χ0n) is 9.00. The Morgan fingerprint density at radius 2 is 2.00 bits per heavy atom. The normalized spacial score (nSPS) is 40.2. The molecular formula is C9H18N2O5. The van der Waals surface area contributed by atoms with Gasteiger partial charge in [0, 0.05) is 13.5 Å². The summed E-state index contributed by atoms with van der Waals surface area (Å²) in [5, 5.41) is 43.2. The SMILES string of the molecule is CC(=O)N[C@H]1[C@@H](O)[C@H](O)[C@@H](CO)NC[C@@H]1O. The maximum Gasteiger partial charge on any atom is 0.217 e. The third-order valence-corrected chi connectivity index (χ3v) is 2.70. The molecule has 7 heteroatoms. The van der Waals surface area contributed by atoms with E-state index in [1.54, 1.807) is 0 Å². The Labute approximate surface area is 93.1 Å². The van der Waals surface area contributed by atoms with Crippen molar-refractivity contribution in [3.63, 3.8) is 0 Å². The lowest BCUT2D eigenvalue weighted by Gasteiger charge is -2.28. The van der Waals surface area contributed by atoms with E-state index in [-0.39, 0.29) is 13.2 Å². The van der Waals surface area contributed by atoms with Crippen LogP contribution in [0, 0.1) is 0 Å². The van der Waals surface area contributed by atoms with E-state index in [0.29, 0.717) is 0 Å². The number of rotatable bonds is 2. The second-order valence-electron chi connectivity index (χ2n) is 3.97. The van der Waals surface area contributed by atoms with Crippen LogP contribution in [-0.4, -0.2) is 69.9 Å². The quantitative estimate of drug-likeness (QED) is 0.295.